The van der Waals surface area contributed by atoms with Crippen LogP contribution in [0.3, 0.4) is 0 Å². The molecule has 0 amide bonds. The minimum absolute atomic E-state index is 0.137. The van der Waals surface area contributed by atoms with Crippen LogP contribution in [0.15, 0.2) is 22.7 Å². The second kappa shape index (κ2) is 4.44. The first-order valence-electron chi connectivity index (χ1n) is 6.05. The van der Waals surface area contributed by atoms with Crippen LogP contribution in [-0.2, 0) is 6.42 Å². The molecule has 0 saturated carbocycles. The highest BCUT2D eigenvalue weighted by atomic mass is 16.5. The fourth-order valence-corrected chi connectivity index (χ4v) is 1.88. The van der Waals surface area contributed by atoms with Gasteiger partial charge in [0.15, 0.2) is 5.82 Å². The Morgan fingerprint density at radius 3 is 2.61 bits per heavy atom. The highest BCUT2D eigenvalue weighted by Crippen LogP contribution is 2.28. The van der Waals surface area contributed by atoms with Crippen LogP contribution in [0, 0.1) is 12.3 Å². The van der Waals surface area contributed by atoms with Gasteiger partial charge in [-0.15, -0.1) is 0 Å². The van der Waals surface area contributed by atoms with Gasteiger partial charge in [0.1, 0.15) is 0 Å². The van der Waals surface area contributed by atoms with E-state index in [1.54, 1.807) is 0 Å². The largest absolute Gasteiger partial charge is 0.398 e. The third-order valence-corrected chi connectivity index (χ3v) is 2.68. The molecule has 0 aliphatic carbocycles. The standard InChI is InChI=1S/C14H19N3O/c1-9-6-5-7-10(15)12(9)13-16-11(17-18-13)8-14(2,3)4/h5-7H,8,15H2,1-4H3. The maximum absolute atomic E-state index is 5.96. The number of aryl methyl sites for hydroxylation is 1. The monoisotopic (exact) mass is 245 g/mol. The first-order valence-corrected chi connectivity index (χ1v) is 6.05. The molecular weight excluding hydrogens is 226 g/mol. The van der Waals surface area contributed by atoms with E-state index in [9.17, 15) is 0 Å². The first-order chi connectivity index (χ1) is 8.37. The van der Waals surface area contributed by atoms with Gasteiger partial charge >= 0.3 is 0 Å². The van der Waals surface area contributed by atoms with E-state index in [0.29, 0.717) is 11.6 Å². The maximum Gasteiger partial charge on any atom is 0.260 e. The Morgan fingerprint density at radius 2 is 2.00 bits per heavy atom. The zero-order valence-corrected chi connectivity index (χ0v) is 11.3. The van der Waals surface area contributed by atoms with Crippen LogP contribution in [-0.4, -0.2) is 10.1 Å². The van der Waals surface area contributed by atoms with E-state index >= 15 is 0 Å². The SMILES string of the molecule is Cc1cccc(N)c1-c1nc(CC(C)(C)C)no1. The smallest absolute Gasteiger partial charge is 0.260 e. The molecule has 0 aliphatic heterocycles. The van der Waals surface area contributed by atoms with E-state index in [1.165, 1.54) is 0 Å². The Balaban J connectivity index is 2.36. The van der Waals surface area contributed by atoms with E-state index in [4.69, 9.17) is 10.3 Å². The highest BCUT2D eigenvalue weighted by Gasteiger charge is 2.18. The van der Waals surface area contributed by atoms with Crippen LogP contribution in [0.5, 0.6) is 0 Å². The molecular formula is C14H19N3O. The minimum Gasteiger partial charge on any atom is -0.398 e. The molecule has 0 atom stereocenters. The molecule has 4 nitrogen and oxygen atoms in total. The van der Waals surface area contributed by atoms with Crippen LogP contribution in [0.25, 0.3) is 11.5 Å². The number of anilines is 1. The Kier molecular flexibility index (Phi) is 3.11. The number of aromatic nitrogens is 2. The summed E-state index contributed by atoms with van der Waals surface area (Å²) >= 11 is 0. The summed E-state index contributed by atoms with van der Waals surface area (Å²) < 4.78 is 5.32. The normalized spacial score (nSPS) is 11.8. The molecule has 0 unspecified atom stereocenters. The van der Waals surface area contributed by atoms with Gasteiger partial charge in [-0.25, -0.2) is 0 Å². The van der Waals surface area contributed by atoms with Gasteiger partial charge in [0.05, 0.1) is 5.56 Å². The summed E-state index contributed by atoms with van der Waals surface area (Å²) in [5.41, 5.74) is 8.65. The van der Waals surface area contributed by atoms with Gasteiger partial charge in [0, 0.05) is 12.1 Å². The number of nitrogens with zero attached hydrogens (tertiary/aromatic N) is 2. The molecule has 96 valence electrons. The second-order valence-electron chi connectivity index (χ2n) is 5.79. The summed E-state index contributed by atoms with van der Waals surface area (Å²) in [5, 5.41) is 4.02. The average Bonchev–Trinajstić information content (AvgIpc) is 2.63. The van der Waals surface area contributed by atoms with Crippen molar-refractivity contribution in [3.8, 4) is 11.5 Å². The molecule has 1 aromatic heterocycles. The lowest BCUT2D eigenvalue weighted by Crippen LogP contribution is -2.10. The number of nitrogens with two attached hydrogens (primary N) is 1. The van der Waals surface area contributed by atoms with Crippen molar-refractivity contribution in [2.75, 3.05) is 5.73 Å². The summed E-state index contributed by atoms with van der Waals surface area (Å²) in [4.78, 5) is 4.43. The van der Waals surface area contributed by atoms with Gasteiger partial charge in [0.2, 0.25) is 0 Å². The number of hydrogen-bond acceptors (Lipinski definition) is 4. The molecule has 0 bridgehead atoms. The lowest BCUT2D eigenvalue weighted by Gasteiger charge is -2.14. The predicted molar refractivity (Wildman–Crippen MR) is 72.0 cm³/mol. The number of benzene rings is 1. The van der Waals surface area contributed by atoms with Crippen molar-refractivity contribution < 1.29 is 4.52 Å². The van der Waals surface area contributed by atoms with Crippen molar-refractivity contribution in [3.63, 3.8) is 0 Å². The summed E-state index contributed by atoms with van der Waals surface area (Å²) in [6.45, 7) is 8.42. The molecule has 1 heterocycles. The van der Waals surface area contributed by atoms with Gasteiger partial charge in [-0.05, 0) is 24.0 Å². The van der Waals surface area contributed by atoms with Crippen molar-refractivity contribution in [3.05, 3.63) is 29.6 Å². The van der Waals surface area contributed by atoms with Gasteiger partial charge in [0.25, 0.3) is 5.89 Å². The van der Waals surface area contributed by atoms with Crippen molar-refractivity contribution in [2.24, 2.45) is 5.41 Å². The topological polar surface area (TPSA) is 64.9 Å². The molecule has 4 heteroatoms. The summed E-state index contributed by atoms with van der Waals surface area (Å²) in [5.74, 6) is 1.23. The van der Waals surface area contributed by atoms with Crippen LogP contribution >= 0.6 is 0 Å². The minimum atomic E-state index is 0.137. The Labute approximate surface area is 107 Å². The van der Waals surface area contributed by atoms with E-state index in [1.807, 2.05) is 25.1 Å². The molecule has 2 rings (SSSR count). The predicted octanol–water partition coefficient (Wildman–Crippen LogP) is 3.22. The number of nitrogen functional groups attached to an aromatic ring is 1. The fourth-order valence-electron chi connectivity index (χ4n) is 1.88. The van der Waals surface area contributed by atoms with Gasteiger partial charge in [-0.3, -0.25) is 0 Å². The van der Waals surface area contributed by atoms with Crippen molar-refractivity contribution in [1.82, 2.24) is 10.1 Å². The fraction of sp³-hybridized carbons (Fsp3) is 0.429. The highest BCUT2D eigenvalue weighted by molar-refractivity contribution is 5.73. The van der Waals surface area contributed by atoms with Crippen LogP contribution < -0.4 is 5.73 Å². The van der Waals surface area contributed by atoms with E-state index < -0.39 is 0 Å². The lowest BCUT2D eigenvalue weighted by atomic mass is 9.92. The van der Waals surface area contributed by atoms with Crippen molar-refractivity contribution in [2.45, 2.75) is 34.1 Å². The van der Waals surface area contributed by atoms with Crippen LogP contribution in [0.1, 0.15) is 32.2 Å². The van der Waals surface area contributed by atoms with Gasteiger partial charge in [-0.1, -0.05) is 38.1 Å². The Bertz CT molecular complexity index is 532. The van der Waals surface area contributed by atoms with E-state index in [-0.39, 0.29) is 5.41 Å². The first kappa shape index (κ1) is 12.6. The van der Waals surface area contributed by atoms with Crippen molar-refractivity contribution >= 4 is 5.69 Å². The Morgan fingerprint density at radius 1 is 1.28 bits per heavy atom. The molecule has 2 N–H and O–H groups in total. The summed E-state index contributed by atoms with van der Waals surface area (Å²) in [6, 6.07) is 5.75. The van der Waals surface area contributed by atoms with E-state index in [0.717, 1.165) is 23.4 Å². The van der Waals surface area contributed by atoms with Gasteiger partial charge < -0.3 is 10.3 Å². The van der Waals surface area contributed by atoms with Crippen LogP contribution in [0.2, 0.25) is 0 Å². The molecule has 0 saturated heterocycles. The summed E-state index contributed by atoms with van der Waals surface area (Å²) in [7, 11) is 0. The molecule has 0 radical (unpaired) electrons. The molecule has 0 spiro atoms. The quantitative estimate of drug-likeness (QED) is 0.825. The second-order valence-corrected chi connectivity index (χ2v) is 5.79. The van der Waals surface area contributed by atoms with Crippen molar-refractivity contribution in [1.29, 1.82) is 0 Å². The molecule has 1 aromatic carbocycles. The number of hydrogen-bond donors (Lipinski definition) is 1. The summed E-state index contributed by atoms with van der Waals surface area (Å²) in [6.07, 6.45) is 0.780. The zero-order valence-electron chi connectivity index (χ0n) is 11.3. The Hall–Kier alpha value is -1.84. The third kappa shape index (κ3) is 2.70. The zero-order chi connectivity index (χ0) is 13.3. The molecule has 2 aromatic rings. The maximum atomic E-state index is 5.96. The molecule has 18 heavy (non-hydrogen) atoms. The number of rotatable bonds is 2. The third-order valence-electron chi connectivity index (χ3n) is 2.68. The molecule has 0 aliphatic rings. The molecule has 0 fully saturated rings. The average molecular weight is 245 g/mol. The van der Waals surface area contributed by atoms with Gasteiger partial charge in [-0.2, -0.15) is 4.98 Å². The van der Waals surface area contributed by atoms with E-state index in [2.05, 4.69) is 30.9 Å². The lowest BCUT2D eigenvalue weighted by molar-refractivity contribution is 0.374. The van der Waals surface area contributed by atoms with Crippen LogP contribution in [0.4, 0.5) is 5.69 Å².